The van der Waals surface area contributed by atoms with Gasteiger partial charge >= 0.3 is 5.97 Å². The van der Waals surface area contributed by atoms with E-state index in [4.69, 9.17) is 11.6 Å². The molecule has 0 aliphatic carbocycles. The van der Waals surface area contributed by atoms with Gasteiger partial charge in [0.2, 0.25) is 10.0 Å². The first kappa shape index (κ1) is 25.0. The van der Waals surface area contributed by atoms with Crippen molar-refractivity contribution in [2.75, 3.05) is 18.5 Å². The summed E-state index contributed by atoms with van der Waals surface area (Å²) in [4.78, 5) is 13.6. The third-order valence-electron chi connectivity index (χ3n) is 6.25. The number of anilines is 2. The topological polar surface area (TPSA) is 98.1 Å². The molecule has 184 valence electrons. The summed E-state index contributed by atoms with van der Waals surface area (Å²) in [6.07, 6.45) is 0.674. The summed E-state index contributed by atoms with van der Waals surface area (Å²) in [5.74, 6) is -1.40. The lowest BCUT2D eigenvalue weighted by Gasteiger charge is -2.30. The molecule has 0 radical (unpaired) electrons. The predicted molar refractivity (Wildman–Crippen MR) is 137 cm³/mol. The summed E-state index contributed by atoms with van der Waals surface area (Å²) in [6.45, 7) is 4.57. The van der Waals surface area contributed by atoms with Crippen LogP contribution in [0.3, 0.4) is 0 Å². The van der Waals surface area contributed by atoms with Crippen molar-refractivity contribution < 1.29 is 23.4 Å². The Morgan fingerprint density at radius 3 is 2.43 bits per heavy atom. The van der Waals surface area contributed by atoms with Crippen LogP contribution < -0.4 is 4.90 Å². The minimum atomic E-state index is -3.91. The number of fused-ring (bicyclic) bond motifs is 1. The molecule has 9 heteroatoms. The van der Waals surface area contributed by atoms with E-state index >= 15 is 0 Å². The van der Waals surface area contributed by atoms with E-state index in [1.807, 2.05) is 35.2 Å². The number of nitrogens with zero attached hydrogens (tertiary/aromatic N) is 2. The molecule has 0 amide bonds. The summed E-state index contributed by atoms with van der Waals surface area (Å²) < 4.78 is 29.1. The number of carboxylic acid groups (broad SMARTS) is 1. The van der Waals surface area contributed by atoms with Crippen molar-refractivity contribution in [3.63, 3.8) is 0 Å². The maximum absolute atomic E-state index is 13.8. The van der Waals surface area contributed by atoms with Crippen LogP contribution in [0.4, 0.5) is 11.4 Å². The van der Waals surface area contributed by atoms with Gasteiger partial charge in [-0.3, -0.25) is 0 Å². The number of para-hydroxylation sites is 1. The van der Waals surface area contributed by atoms with E-state index in [0.717, 1.165) is 5.69 Å². The molecule has 0 saturated carbocycles. The highest BCUT2D eigenvalue weighted by molar-refractivity contribution is 7.89. The summed E-state index contributed by atoms with van der Waals surface area (Å²) >= 11 is 6.68. The van der Waals surface area contributed by atoms with E-state index in [2.05, 4.69) is 13.8 Å². The molecule has 2 N–H and O–H groups in total. The van der Waals surface area contributed by atoms with Crippen LogP contribution in [0.25, 0.3) is 11.1 Å². The third-order valence-corrected chi connectivity index (χ3v) is 8.51. The number of likely N-dealkylation sites (N-methyl/N-ethyl adjacent to an activating group) is 1. The maximum Gasteiger partial charge on any atom is 0.339 e. The van der Waals surface area contributed by atoms with Crippen LogP contribution in [0, 0.1) is 5.92 Å². The molecule has 1 aliphatic rings. The SMILES string of the molecule is CC(C)C[C@@H]1CN(c2ccccc2)c2cc(Cl)c(-c3ccc(O)c(C(=O)O)c3)cc2S(=O)(=O)N1C. The van der Waals surface area contributed by atoms with Crippen LogP contribution in [0.1, 0.15) is 30.6 Å². The van der Waals surface area contributed by atoms with Crippen LogP contribution in [-0.2, 0) is 10.0 Å². The monoisotopic (exact) mass is 514 g/mol. The van der Waals surface area contributed by atoms with Crippen LogP contribution in [0.15, 0.2) is 65.6 Å². The number of sulfonamides is 1. The van der Waals surface area contributed by atoms with Gasteiger partial charge in [-0.15, -0.1) is 0 Å². The van der Waals surface area contributed by atoms with Crippen molar-refractivity contribution in [3.05, 3.63) is 71.2 Å². The minimum Gasteiger partial charge on any atom is -0.507 e. The number of hydrogen-bond acceptors (Lipinski definition) is 5. The Hall–Kier alpha value is -3.07. The Balaban J connectivity index is 1.97. The van der Waals surface area contributed by atoms with Gasteiger partial charge in [0, 0.05) is 30.9 Å². The molecular weight excluding hydrogens is 488 g/mol. The number of carboxylic acids is 1. The molecule has 35 heavy (non-hydrogen) atoms. The van der Waals surface area contributed by atoms with Gasteiger partial charge < -0.3 is 15.1 Å². The number of carbonyl (C=O) groups is 1. The highest BCUT2D eigenvalue weighted by atomic mass is 35.5. The van der Waals surface area contributed by atoms with Crippen molar-refractivity contribution in [1.82, 2.24) is 4.31 Å². The van der Waals surface area contributed by atoms with E-state index in [1.165, 1.54) is 28.6 Å². The Bertz CT molecular complexity index is 1380. The van der Waals surface area contributed by atoms with Gasteiger partial charge in [0.1, 0.15) is 16.2 Å². The van der Waals surface area contributed by atoms with Gasteiger partial charge in [-0.05, 0) is 54.3 Å². The van der Waals surface area contributed by atoms with Crippen molar-refractivity contribution in [2.45, 2.75) is 31.2 Å². The summed E-state index contributed by atoms with van der Waals surface area (Å²) in [6, 6.07) is 16.4. The molecule has 0 aromatic heterocycles. The van der Waals surface area contributed by atoms with E-state index in [0.29, 0.717) is 29.8 Å². The zero-order valence-electron chi connectivity index (χ0n) is 19.6. The van der Waals surface area contributed by atoms with Gasteiger partial charge in [-0.2, -0.15) is 4.31 Å². The first-order valence-corrected chi connectivity index (χ1v) is 13.0. The lowest BCUT2D eigenvalue weighted by molar-refractivity contribution is 0.0693. The van der Waals surface area contributed by atoms with Gasteiger partial charge in [0.15, 0.2) is 0 Å². The summed E-state index contributed by atoms with van der Waals surface area (Å²) in [7, 11) is -2.31. The van der Waals surface area contributed by atoms with Crippen LogP contribution in [-0.4, -0.2) is 48.5 Å². The van der Waals surface area contributed by atoms with E-state index in [9.17, 15) is 23.4 Å². The highest BCUT2D eigenvalue weighted by Gasteiger charge is 2.38. The Morgan fingerprint density at radius 2 is 1.80 bits per heavy atom. The van der Waals surface area contributed by atoms with E-state index < -0.39 is 16.0 Å². The second kappa shape index (κ2) is 9.53. The molecule has 3 aromatic rings. The molecule has 1 aliphatic heterocycles. The van der Waals surface area contributed by atoms with Gasteiger partial charge in [-0.25, -0.2) is 13.2 Å². The molecule has 1 heterocycles. The van der Waals surface area contributed by atoms with E-state index in [-0.39, 0.29) is 33.2 Å². The average Bonchev–Trinajstić information content (AvgIpc) is 2.88. The number of hydrogen-bond donors (Lipinski definition) is 2. The number of aromatic carboxylic acids is 1. The predicted octanol–water partition coefficient (Wildman–Crippen LogP) is 5.60. The van der Waals surface area contributed by atoms with Crippen molar-refractivity contribution >= 4 is 39.0 Å². The smallest absolute Gasteiger partial charge is 0.339 e. The number of rotatable bonds is 5. The van der Waals surface area contributed by atoms with Crippen molar-refractivity contribution in [3.8, 4) is 16.9 Å². The lowest BCUT2D eigenvalue weighted by atomic mass is 10.0. The molecular formula is C26H27ClN2O5S. The maximum atomic E-state index is 13.8. The second-order valence-corrected chi connectivity index (χ2v) is 11.5. The molecule has 4 rings (SSSR count). The summed E-state index contributed by atoms with van der Waals surface area (Å²) in [5.41, 5.74) is 1.76. The largest absolute Gasteiger partial charge is 0.507 e. The first-order chi connectivity index (χ1) is 16.5. The molecule has 0 unspecified atom stereocenters. The quantitative estimate of drug-likeness (QED) is 0.460. The Labute approximate surface area is 210 Å². The molecule has 0 fully saturated rings. The van der Waals surface area contributed by atoms with Crippen LogP contribution in [0.5, 0.6) is 5.75 Å². The Kier molecular flexibility index (Phi) is 6.81. The minimum absolute atomic E-state index is 0.0828. The van der Waals surface area contributed by atoms with E-state index in [1.54, 1.807) is 13.1 Å². The third kappa shape index (κ3) is 4.74. The highest BCUT2D eigenvalue weighted by Crippen LogP contribution is 2.43. The van der Waals surface area contributed by atoms with Crippen LogP contribution >= 0.6 is 11.6 Å². The fourth-order valence-electron chi connectivity index (χ4n) is 4.45. The second-order valence-electron chi connectivity index (χ2n) is 9.09. The van der Waals surface area contributed by atoms with Crippen LogP contribution in [0.2, 0.25) is 5.02 Å². The zero-order valence-corrected chi connectivity index (χ0v) is 21.2. The molecule has 7 nitrogen and oxygen atoms in total. The van der Waals surface area contributed by atoms with Gasteiger partial charge in [-0.1, -0.05) is 49.7 Å². The standard InChI is InChI=1S/C26H27ClN2O5S/c1-16(2)11-19-15-29(18-7-5-4-6-8-18)23-14-22(27)20(13-25(23)35(33,34)28(19)3)17-9-10-24(30)21(12-17)26(31)32/h4-10,12-14,16,19,30H,11,15H2,1-3H3,(H,31,32)/t19-/m1/s1. The number of benzene rings is 3. The zero-order chi connectivity index (χ0) is 25.5. The molecule has 0 spiro atoms. The normalized spacial score (nSPS) is 17.7. The fourth-order valence-corrected chi connectivity index (χ4v) is 6.27. The van der Waals surface area contributed by atoms with Crippen molar-refractivity contribution in [1.29, 1.82) is 0 Å². The van der Waals surface area contributed by atoms with Gasteiger partial charge in [0.25, 0.3) is 0 Å². The van der Waals surface area contributed by atoms with Gasteiger partial charge in [0.05, 0.1) is 10.7 Å². The molecule has 0 bridgehead atoms. The number of halogens is 1. The first-order valence-electron chi connectivity index (χ1n) is 11.2. The Morgan fingerprint density at radius 1 is 1.11 bits per heavy atom. The number of phenols is 1. The van der Waals surface area contributed by atoms with Crippen molar-refractivity contribution in [2.24, 2.45) is 5.92 Å². The molecule has 0 saturated heterocycles. The average molecular weight is 515 g/mol. The lowest BCUT2D eigenvalue weighted by Crippen LogP contribution is -2.41. The molecule has 3 aromatic carbocycles. The summed E-state index contributed by atoms with van der Waals surface area (Å²) in [5, 5.41) is 19.6. The fraction of sp³-hybridized carbons (Fsp3) is 0.269. The molecule has 1 atom stereocenters. The number of aromatic hydroxyl groups is 1.